The molecule has 15 heteroatoms. The summed E-state index contributed by atoms with van der Waals surface area (Å²) in [6.45, 7) is 4.34. The number of nitrogens with one attached hydrogen (secondary N) is 4. The SMILES string of the molecule is CC1(C)CCOc2c(C(=O)NC3CN4C(N)=N[C@@H](CNC(=O)c5cccc(F)n5)[C@@H]5[NH+]=C(N)NC54C3(O)O)cccc21. The Hall–Kier alpha value is -4.50. The Kier molecular flexibility index (Phi) is 6.27. The molecule has 4 atom stereocenters. The molecule has 4 aliphatic heterocycles. The number of rotatable bonds is 5. The van der Waals surface area contributed by atoms with E-state index in [2.05, 4.69) is 44.8 Å². The number of ether oxygens (including phenoxy) is 1. The predicted octanol–water partition coefficient (Wildman–Crippen LogP) is -3.43. The molecule has 4 aliphatic rings. The van der Waals surface area contributed by atoms with E-state index in [0.29, 0.717) is 12.4 Å². The van der Waals surface area contributed by atoms with Crippen molar-refractivity contribution in [2.24, 2.45) is 16.5 Å². The van der Waals surface area contributed by atoms with Crippen LogP contribution in [0, 0.1) is 5.95 Å². The van der Waals surface area contributed by atoms with E-state index in [1.165, 1.54) is 17.0 Å². The molecule has 14 nitrogen and oxygen atoms in total. The van der Waals surface area contributed by atoms with Crippen LogP contribution in [0.15, 0.2) is 41.4 Å². The number of guanidine groups is 2. The van der Waals surface area contributed by atoms with E-state index in [9.17, 15) is 24.2 Å². The summed E-state index contributed by atoms with van der Waals surface area (Å²) in [6.07, 6.45) is 0.790. The summed E-state index contributed by atoms with van der Waals surface area (Å²) in [7, 11) is 0. The zero-order valence-electron chi connectivity index (χ0n) is 23.0. The highest BCUT2D eigenvalue weighted by Gasteiger charge is 2.76. The Balaban J connectivity index is 1.26. The molecule has 5 heterocycles. The van der Waals surface area contributed by atoms with E-state index >= 15 is 0 Å². The molecule has 0 aliphatic carbocycles. The fraction of sp³-hybridized carbons (Fsp3) is 0.444. The minimum Gasteiger partial charge on any atom is -0.492 e. The van der Waals surface area contributed by atoms with Crippen LogP contribution in [0.2, 0.25) is 0 Å². The number of hydrogen-bond donors (Lipinski definition) is 8. The van der Waals surface area contributed by atoms with E-state index in [1.54, 1.807) is 12.1 Å². The molecule has 1 fully saturated rings. The number of benzene rings is 1. The average molecular weight is 583 g/mol. The minimum atomic E-state index is -2.64. The van der Waals surface area contributed by atoms with Crippen LogP contribution in [-0.2, 0) is 5.41 Å². The quantitative estimate of drug-likeness (QED) is 0.129. The van der Waals surface area contributed by atoms with Crippen LogP contribution in [-0.4, -0.2) is 93.1 Å². The molecule has 1 aromatic heterocycles. The number of pyridine rings is 1. The van der Waals surface area contributed by atoms with E-state index in [-0.39, 0.29) is 41.7 Å². The average Bonchev–Trinajstić information content (AvgIpc) is 3.40. The standard InChI is InChI=1S/C27H32FN9O5/c1-25(2)9-10-42-19-13(5-3-6-14(19)25)21(38)34-17-12-37-24(30)33-16(11-31-22(39)15-7-4-8-18(28)32-15)20-26(37,27(17,40)41)36-23(29)35-20/h3-8,16-17,20,40-41H,9-12H2,1-2H3,(H2,30,33)(H,31,39)(H,34,38)(H3,29,35,36)/p+1/t16-,17?,20-,26?/m0/s1. The summed E-state index contributed by atoms with van der Waals surface area (Å²) in [5, 5.41) is 31.7. The zero-order chi connectivity index (χ0) is 30.0. The number of halogens is 1. The van der Waals surface area contributed by atoms with Gasteiger partial charge in [-0.25, -0.2) is 15.3 Å². The van der Waals surface area contributed by atoms with Crippen LogP contribution in [0.25, 0.3) is 0 Å². The van der Waals surface area contributed by atoms with Crippen molar-refractivity contribution < 1.29 is 33.9 Å². The zero-order valence-corrected chi connectivity index (χ0v) is 23.0. The number of nitrogens with two attached hydrogens (primary N) is 2. The van der Waals surface area contributed by atoms with Crippen molar-refractivity contribution in [3.05, 3.63) is 59.2 Å². The summed E-state index contributed by atoms with van der Waals surface area (Å²) >= 11 is 0. The van der Waals surface area contributed by atoms with Gasteiger partial charge in [-0.15, -0.1) is 0 Å². The predicted molar refractivity (Wildman–Crippen MR) is 146 cm³/mol. The molecule has 0 bridgehead atoms. The molecule has 0 saturated carbocycles. The van der Waals surface area contributed by atoms with Crippen LogP contribution in [0.3, 0.4) is 0 Å². The number of para-hydroxylation sites is 1. The number of fused-ring (bicyclic) bond motifs is 1. The lowest BCUT2D eigenvalue weighted by atomic mass is 9.79. The maximum atomic E-state index is 13.6. The van der Waals surface area contributed by atoms with Gasteiger partial charge >= 0.3 is 5.96 Å². The van der Waals surface area contributed by atoms with Crippen molar-refractivity contribution in [1.82, 2.24) is 25.8 Å². The molecular formula is C27H33FN9O5+. The third-order valence-electron chi connectivity index (χ3n) is 8.57. The Morgan fingerprint density at radius 1 is 1.21 bits per heavy atom. The molecule has 2 unspecified atom stereocenters. The van der Waals surface area contributed by atoms with Crippen LogP contribution in [0.1, 0.15) is 46.7 Å². The Bertz CT molecular complexity index is 1530. The minimum absolute atomic E-state index is 0.0187. The summed E-state index contributed by atoms with van der Waals surface area (Å²) in [6, 6.07) is 6.11. The van der Waals surface area contributed by atoms with Gasteiger partial charge in [-0.1, -0.05) is 32.0 Å². The lowest BCUT2D eigenvalue weighted by Gasteiger charge is -2.46. The van der Waals surface area contributed by atoms with Gasteiger partial charge in [0.15, 0.2) is 12.0 Å². The second-order valence-corrected chi connectivity index (χ2v) is 11.6. The second kappa shape index (κ2) is 9.52. The van der Waals surface area contributed by atoms with E-state index in [4.69, 9.17) is 16.2 Å². The summed E-state index contributed by atoms with van der Waals surface area (Å²) in [4.78, 5) is 38.7. The number of hydrogen-bond acceptors (Lipinski definition) is 11. The fourth-order valence-electron chi connectivity index (χ4n) is 6.34. The molecule has 2 amide bonds. The van der Waals surface area contributed by atoms with E-state index in [0.717, 1.165) is 18.1 Å². The summed E-state index contributed by atoms with van der Waals surface area (Å²) < 4.78 is 19.4. The number of aromatic nitrogens is 1. The first kappa shape index (κ1) is 27.7. The molecule has 6 rings (SSSR count). The lowest BCUT2D eigenvalue weighted by molar-refractivity contribution is -0.521. The summed E-state index contributed by atoms with van der Waals surface area (Å²) in [5.41, 5.74) is 11.5. The largest absolute Gasteiger partial charge is 0.492 e. The normalized spacial score (nSPS) is 28.2. The van der Waals surface area contributed by atoms with Crippen LogP contribution >= 0.6 is 0 Å². The van der Waals surface area contributed by atoms with Gasteiger partial charge in [0.25, 0.3) is 17.5 Å². The highest BCUT2D eigenvalue weighted by Crippen LogP contribution is 2.43. The summed E-state index contributed by atoms with van der Waals surface area (Å²) in [5.74, 6) is -4.24. The molecule has 10 N–H and O–H groups in total. The van der Waals surface area contributed by atoms with Gasteiger partial charge in [-0.2, -0.15) is 4.39 Å². The van der Waals surface area contributed by atoms with Gasteiger partial charge in [0.2, 0.25) is 11.7 Å². The second-order valence-electron chi connectivity index (χ2n) is 11.6. The number of amides is 2. The van der Waals surface area contributed by atoms with Crippen molar-refractivity contribution in [3.63, 3.8) is 0 Å². The maximum Gasteiger partial charge on any atom is 0.343 e. The molecule has 0 radical (unpaired) electrons. The highest BCUT2D eigenvalue weighted by molar-refractivity contribution is 5.98. The van der Waals surface area contributed by atoms with Gasteiger partial charge in [-0.3, -0.25) is 25.2 Å². The van der Waals surface area contributed by atoms with E-state index in [1.807, 2.05) is 6.07 Å². The first-order valence-corrected chi connectivity index (χ1v) is 13.6. The maximum absolute atomic E-state index is 13.6. The monoisotopic (exact) mass is 582 g/mol. The smallest absolute Gasteiger partial charge is 0.343 e. The third kappa shape index (κ3) is 4.10. The topological polar surface area (TPSA) is 214 Å². The molecule has 1 saturated heterocycles. The van der Waals surface area contributed by atoms with Gasteiger partial charge in [-0.05, 0) is 30.0 Å². The van der Waals surface area contributed by atoms with Crippen LogP contribution in [0.5, 0.6) is 5.75 Å². The molecule has 222 valence electrons. The van der Waals surface area contributed by atoms with Gasteiger partial charge in [0.1, 0.15) is 23.5 Å². The Labute approximate surface area is 240 Å². The number of nitrogens with zero attached hydrogens (tertiary/aromatic N) is 3. The highest BCUT2D eigenvalue weighted by atomic mass is 19.1. The van der Waals surface area contributed by atoms with Gasteiger partial charge in [0, 0.05) is 12.1 Å². The number of aliphatic imine (C=N–C) groups is 1. The number of aliphatic hydroxyl groups is 2. The van der Waals surface area contributed by atoms with Crippen LogP contribution < -0.4 is 37.1 Å². The molecule has 2 aromatic rings. The van der Waals surface area contributed by atoms with Gasteiger partial charge in [0.05, 0.1) is 18.7 Å². The molecule has 42 heavy (non-hydrogen) atoms. The van der Waals surface area contributed by atoms with Crippen molar-refractivity contribution in [3.8, 4) is 5.75 Å². The first-order chi connectivity index (χ1) is 19.8. The molecule has 1 aromatic carbocycles. The fourth-order valence-corrected chi connectivity index (χ4v) is 6.34. The third-order valence-corrected chi connectivity index (χ3v) is 8.57. The van der Waals surface area contributed by atoms with Crippen molar-refractivity contribution in [2.45, 2.75) is 55.3 Å². The van der Waals surface area contributed by atoms with Gasteiger partial charge < -0.3 is 31.3 Å². The van der Waals surface area contributed by atoms with Crippen molar-refractivity contribution in [1.29, 1.82) is 0 Å². The van der Waals surface area contributed by atoms with E-state index < -0.39 is 47.3 Å². The first-order valence-electron chi connectivity index (χ1n) is 13.6. The van der Waals surface area contributed by atoms with Crippen LogP contribution in [0.4, 0.5) is 4.39 Å². The lowest BCUT2D eigenvalue weighted by Crippen LogP contribution is -2.90. The van der Waals surface area contributed by atoms with Crippen molar-refractivity contribution in [2.75, 3.05) is 19.7 Å². The molecule has 1 spiro atoms. The number of carbonyl (C=O) groups is 2. The Morgan fingerprint density at radius 3 is 2.74 bits per heavy atom. The number of carbonyl (C=O) groups excluding carboxylic acids is 2. The molecular weight excluding hydrogens is 549 g/mol. The van der Waals surface area contributed by atoms with Crippen molar-refractivity contribution >= 4 is 23.7 Å². The Morgan fingerprint density at radius 2 is 1.98 bits per heavy atom.